The minimum atomic E-state index is 0.00214. The van der Waals surface area contributed by atoms with Gasteiger partial charge in [0.15, 0.2) is 0 Å². The number of aromatic nitrogens is 2. The summed E-state index contributed by atoms with van der Waals surface area (Å²) >= 11 is 3.58. The number of halogens is 1. The minimum Gasteiger partial charge on any atom is -0.372 e. The van der Waals surface area contributed by atoms with Crippen LogP contribution in [0.4, 0.5) is 0 Å². The topological polar surface area (TPSA) is 27.1 Å². The van der Waals surface area contributed by atoms with E-state index in [1.165, 1.54) is 18.5 Å². The highest BCUT2D eigenvalue weighted by Gasteiger charge is 2.27. The summed E-state index contributed by atoms with van der Waals surface area (Å²) in [7, 11) is 0. The standard InChI is InChI=1S/C12H19BrN2O/c1-12(2,3)15-11(9(13)8-14-15)10-6-4-5-7-16-10/h8,10H,4-7H2,1-3H3. The van der Waals surface area contributed by atoms with E-state index >= 15 is 0 Å². The second-order valence-corrected chi connectivity index (χ2v) is 6.17. The molecule has 0 spiro atoms. The summed E-state index contributed by atoms with van der Waals surface area (Å²) in [5.74, 6) is 0. The average Bonchev–Trinajstić information content (AvgIpc) is 2.61. The van der Waals surface area contributed by atoms with Crippen LogP contribution in [0.1, 0.15) is 51.8 Å². The third kappa shape index (κ3) is 2.33. The van der Waals surface area contributed by atoms with E-state index < -0.39 is 0 Å². The predicted molar refractivity (Wildman–Crippen MR) is 67.5 cm³/mol. The first kappa shape index (κ1) is 12.1. The summed E-state index contributed by atoms with van der Waals surface area (Å²) in [5.41, 5.74) is 1.19. The summed E-state index contributed by atoms with van der Waals surface area (Å²) in [5, 5.41) is 4.45. The van der Waals surface area contributed by atoms with Gasteiger partial charge in [0.05, 0.1) is 21.9 Å². The smallest absolute Gasteiger partial charge is 0.100 e. The summed E-state index contributed by atoms with van der Waals surface area (Å²) < 4.78 is 8.99. The zero-order valence-corrected chi connectivity index (χ0v) is 11.7. The third-order valence-electron chi connectivity index (χ3n) is 2.88. The summed E-state index contributed by atoms with van der Waals surface area (Å²) in [6.45, 7) is 7.36. The minimum absolute atomic E-state index is 0.00214. The SMILES string of the molecule is CC(C)(C)n1ncc(Br)c1C1CCCCO1. The van der Waals surface area contributed by atoms with Crippen molar-refractivity contribution in [2.75, 3.05) is 6.61 Å². The Morgan fingerprint density at radius 2 is 2.19 bits per heavy atom. The van der Waals surface area contributed by atoms with E-state index in [-0.39, 0.29) is 11.6 Å². The van der Waals surface area contributed by atoms with Gasteiger partial charge in [-0.25, -0.2) is 0 Å². The van der Waals surface area contributed by atoms with Gasteiger partial charge in [-0.05, 0) is 56.0 Å². The number of hydrogen-bond donors (Lipinski definition) is 0. The quantitative estimate of drug-likeness (QED) is 0.788. The van der Waals surface area contributed by atoms with Gasteiger partial charge in [-0.2, -0.15) is 5.10 Å². The van der Waals surface area contributed by atoms with Crippen molar-refractivity contribution in [1.82, 2.24) is 9.78 Å². The molecule has 2 heterocycles. The molecule has 1 aromatic rings. The van der Waals surface area contributed by atoms with Crippen LogP contribution in [-0.4, -0.2) is 16.4 Å². The molecule has 0 bridgehead atoms. The molecule has 1 aliphatic rings. The fourth-order valence-electron chi connectivity index (χ4n) is 2.12. The van der Waals surface area contributed by atoms with Crippen LogP contribution in [0.2, 0.25) is 0 Å². The van der Waals surface area contributed by atoms with Crippen molar-refractivity contribution in [2.45, 2.75) is 51.7 Å². The maximum atomic E-state index is 5.85. The predicted octanol–water partition coefficient (Wildman–Crippen LogP) is 3.64. The second kappa shape index (κ2) is 4.49. The van der Waals surface area contributed by atoms with Gasteiger partial charge in [-0.3, -0.25) is 4.68 Å². The van der Waals surface area contributed by atoms with Gasteiger partial charge in [0.25, 0.3) is 0 Å². The van der Waals surface area contributed by atoms with Crippen LogP contribution in [0.5, 0.6) is 0 Å². The molecule has 0 aromatic carbocycles. The van der Waals surface area contributed by atoms with Gasteiger partial charge in [0.1, 0.15) is 6.10 Å². The highest BCUT2D eigenvalue weighted by molar-refractivity contribution is 9.10. The van der Waals surface area contributed by atoms with E-state index in [2.05, 4.69) is 46.5 Å². The van der Waals surface area contributed by atoms with E-state index in [0.717, 1.165) is 17.5 Å². The molecule has 0 amide bonds. The molecule has 90 valence electrons. The molecular weight excluding hydrogens is 268 g/mol. The van der Waals surface area contributed by atoms with Crippen LogP contribution in [0.15, 0.2) is 10.7 Å². The molecule has 16 heavy (non-hydrogen) atoms. The lowest BCUT2D eigenvalue weighted by molar-refractivity contribution is 0.00657. The Bertz CT molecular complexity index is 362. The monoisotopic (exact) mass is 286 g/mol. The zero-order valence-electron chi connectivity index (χ0n) is 10.2. The van der Waals surface area contributed by atoms with Crippen molar-refractivity contribution in [3.8, 4) is 0 Å². The molecule has 0 aliphatic carbocycles. The van der Waals surface area contributed by atoms with Crippen molar-refractivity contribution in [3.05, 3.63) is 16.4 Å². The molecule has 4 heteroatoms. The van der Waals surface area contributed by atoms with E-state index in [1.54, 1.807) is 0 Å². The van der Waals surface area contributed by atoms with Crippen molar-refractivity contribution in [3.63, 3.8) is 0 Å². The first-order valence-corrected chi connectivity index (χ1v) is 6.65. The Morgan fingerprint density at radius 3 is 2.75 bits per heavy atom. The van der Waals surface area contributed by atoms with Crippen molar-refractivity contribution < 1.29 is 4.74 Å². The van der Waals surface area contributed by atoms with Crippen LogP contribution >= 0.6 is 15.9 Å². The molecule has 1 saturated heterocycles. The lowest BCUT2D eigenvalue weighted by atomic mass is 10.0. The molecule has 0 N–H and O–H groups in total. The molecule has 1 aliphatic heterocycles. The second-order valence-electron chi connectivity index (χ2n) is 5.32. The Balaban J connectivity index is 2.34. The molecule has 1 atom stereocenters. The van der Waals surface area contributed by atoms with Crippen LogP contribution in [0.25, 0.3) is 0 Å². The maximum Gasteiger partial charge on any atom is 0.100 e. The van der Waals surface area contributed by atoms with Gasteiger partial charge in [0, 0.05) is 6.61 Å². The number of ether oxygens (including phenoxy) is 1. The summed E-state index contributed by atoms with van der Waals surface area (Å²) in [6.07, 6.45) is 5.59. The highest BCUT2D eigenvalue weighted by Crippen LogP contribution is 2.35. The van der Waals surface area contributed by atoms with Crippen LogP contribution in [0, 0.1) is 0 Å². The van der Waals surface area contributed by atoms with E-state index in [1.807, 2.05) is 6.20 Å². The normalized spacial score (nSPS) is 22.4. The molecule has 0 saturated carbocycles. The molecule has 1 unspecified atom stereocenters. The van der Waals surface area contributed by atoms with Crippen LogP contribution < -0.4 is 0 Å². The average molecular weight is 287 g/mol. The third-order valence-corrected chi connectivity index (χ3v) is 3.49. The Kier molecular flexibility index (Phi) is 3.40. The Morgan fingerprint density at radius 1 is 1.44 bits per heavy atom. The van der Waals surface area contributed by atoms with Crippen molar-refractivity contribution in [2.24, 2.45) is 0 Å². The van der Waals surface area contributed by atoms with Gasteiger partial charge < -0.3 is 4.74 Å². The van der Waals surface area contributed by atoms with Gasteiger partial charge in [0.2, 0.25) is 0 Å². The molecular formula is C12H19BrN2O. The van der Waals surface area contributed by atoms with Gasteiger partial charge in [-0.1, -0.05) is 0 Å². The molecule has 1 aromatic heterocycles. The lowest BCUT2D eigenvalue weighted by Gasteiger charge is -2.29. The zero-order chi connectivity index (χ0) is 11.8. The molecule has 3 nitrogen and oxygen atoms in total. The van der Waals surface area contributed by atoms with Crippen molar-refractivity contribution in [1.29, 1.82) is 0 Å². The fraction of sp³-hybridized carbons (Fsp3) is 0.750. The Labute approximate surface area is 105 Å². The number of rotatable bonds is 1. The van der Waals surface area contributed by atoms with Crippen LogP contribution in [0.3, 0.4) is 0 Å². The first-order valence-electron chi connectivity index (χ1n) is 5.85. The van der Waals surface area contributed by atoms with Crippen molar-refractivity contribution >= 4 is 15.9 Å². The Hall–Kier alpha value is -0.350. The molecule has 2 rings (SSSR count). The molecule has 0 radical (unpaired) electrons. The number of hydrogen-bond acceptors (Lipinski definition) is 2. The van der Waals surface area contributed by atoms with E-state index in [9.17, 15) is 0 Å². The van der Waals surface area contributed by atoms with Crippen LogP contribution in [-0.2, 0) is 10.3 Å². The maximum absolute atomic E-state index is 5.85. The van der Waals surface area contributed by atoms with Gasteiger partial charge >= 0.3 is 0 Å². The lowest BCUT2D eigenvalue weighted by Crippen LogP contribution is -2.28. The van der Waals surface area contributed by atoms with Gasteiger partial charge in [-0.15, -0.1) is 0 Å². The summed E-state index contributed by atoms with van der Waals surface area (Å²) in [6, 6.07) is 0. The first-order chi connectivity index (χ1) is 7.50. The van der Waals surface area contributed by atoms with E-state index in [0.29, 0.717) is 0 Å². The largest absolute Gasteiger partial charge is 0.372 e. The fourth-order valence-corrected chi connectivity index (χ4v) is 2.63. The van der Waals surface area contributed by atoms with E-state index in [4.69, 9.17) is 4.74 Å². The highest BCUT2D eigenvalue weighted by atomic mass is 79.9. The molecule has 1 fully saturated rings. The summed E-state index contributed by atoms with van der Waals surface area (Å²) in [4.78, 5) is 0. The number of nitrogens with zero attached hydrogens (tertiary/aromatic N) is 2.